The Morgan fingerprint density at radius 2 is 1.39 bits per heavy atom. The molecule has 2 atom stereocenters. The molecule has 4 rings (SSSR count). The van der Waals surface area contributed by atoms with Crippen molar-refractivity contribution < 1.29 is 47.5 Å². The minimum Gasteiger partial charge on any atom is -0.493 e. The average Bonchev–Trinajstić information content (AvgIpc) is 3.21. The summed E-state index contributed by atoms with van der Waals surface area (Å²) in [4.78, 5) is 37.4. The molecular weight excluding hydrogens is 704 g/mol. The molecule has 0 bridgehead atoms. The molecule has 2 aliphatic heterocycles. The maximum absolute atomic E-state index is 13.4. The van der Waals surface area contributed by atoms with Crippen molar-refractivity contribution in [2.24, 2.45) is 15.7 Å². The zero-order chi connectivity index (χ0) is 38.5. The summed E-state index contributed by atoms with van der Waals surface area (Å²) in [5.41, 5.74) is 5.97. The van der Waals surface area contributed by atoms with Crippen LogP contribution in [-0.4, -0.2) is 135 Å². The number of aliphatic imine (C=N–C) groups is 2. The van der Waals surface area contributed by atoms with Crippen LogP contribution in [-0.2, 0) is 19.1 Å². The quantitative estimate of drug-likeness (QED) is 0.0517. The van der Waals surface area contributed by atoms with Crippen LogP contribution in [0.2, 0.25) is 0 Å². The third-order valence-corrected chi connectivity index (χ3v) is 8.22. The van der Waals surface area contributed by atoms with Gasteiger partial charge < -0.3 is 64.5 Å². The second-order valence-corrected chi connectivity index (χ2v) is 11.9. The first-order valence-corrected chi connectivity index (χ1v) is 18.0. The fraction of sp³-hybridized carbons (Fsp3) is 0.556. The normalized spacial score (nSPS) is 14.8. The number of methoxy groups -OCH3 is 4. The molecule has 6 N–H and O–H groups in total. The number of hydrogen-bond donors (Lipinski definition) is 5. The van der Waals surface area contributed by atoms with Crippen LogP contribution in [0.25, 0.3) is 0 Å². The maximum atomic E-state index is 13.4. The Morgan fingerprint density at radius 3 is 1.96 bits per heavy atom. The van der Waals surface area contributed by atoms with E-state index in [1.54, 1.807) is 55.5 Å². The molecule has 0 saturated heterocycles. The first kappa shape index (κ1) is 41.4. The molecule has 298 valence electrons. The van der Waals surface area contributed by atoms with Gasteiger partial charge in [-0.05, 0) is 43.7 Å². The Morgan fingerprint density at radius 1 is 0.778 bits per heavy atom. The van der Waals surface area contributed by atoms with Gasteiger partial charge in [-0.2, -0.15) is 0 Å². The van der Waals surface area contributed by atoms with Gasteiger partial charge >= 0.3 is 11.9 Å². The van der Waals surface area contributed by atoms with E-state index in [9.17, 15) is 9.59 Å². The fourth-order valence-electron chi connectivity index (χ4n) is 5.62. The molecule has 0 aliphatic carbocycles. The number of carbonyl (C=O) groups excluding carboxylic acids is 2. The van der Waals surface area contributed by atoms with Crippen molar-refractivity contribution in [1.29, 1.82) is 0 Å². The number of carbonyl (C=O) groups is 2. The van der Waals surface area contributed by atoms with Crippen molar-refractivity contribution in [3.05, 3.63) is 36.4 Å². The molecule has 2 aromatic carbocycles. The highest BCUT2D eigenvalue weighted by atomic mass is 16.6. The van der Waals surface area contributed by atoms with Gasteiger partial charge in [-0.25, -0.2) is 9.59 Å². The van der Waals surface area contributed by atoms with E-state index in [4.69, 9.17) is 43.6 Å². The Kier molecular flexibility index (Phi) is 17.4. The van der Waals surface area contributed by atoms with E-state index in [2.05, 4.69) is 31.3 Å². The van der Waals surface area contributed by atoms with E-state index >= 15 is 0 Å². The number of para-hydroxylation sites is 2. The fourth-order valence-corrected chi connectivity index (χ4v) is 5.62. The van der Waals surface area contributed by atoms with E-state index in [-0.39, 0.29) is 39.3 Å². The molecule has 0 spiro atoms. The summed E-state index contributed by atoms with van der Waals surface area (Å²) < 4.78 is 45.1. The zero-order valence-electron chi connectivity index (χ0n) is 31.5. The second-order valence-electron chi connectivity index (χ2n) is 11.9. The van der Waals surface area contributed by atoms with Gasteiger partial charge in [0.15, 0.2) is 47.4 Å². The lowest BCUT2D eigenvalue weighted by atomic mass is 10.3. The monoisotopic (exact) mass is 758 g/mol. The van der Waals surface area contributed by atoms with Gasteiger partial charge in [0.25, 0.3) is 0 Å². The first-order valence-electron chi connectivity index (χ1n) is 18.0. The highest BCUT2D eigenvalue weighted by Gasteiger charge is 2.31. The molecule has 54 heavy (non-hydrogen) atoms. The number of nitrogens with one attached hydrogen (secondary N) is 4. The van der Waals surface area contributed by atoms with Crippen LogP contribution in [0.5, 0.6) is 34.5 Å². The Hall–Kier alpha value is -5.36. The standard InChI is InChI=1S/C36H54N8O10/c1-47-25-9-5-11-27(31(25)49-3)51-23-21-38-29(14-20-41-35-39-16-7-17-40-35)53-33(45)34(46)54-30(13-15-37)44(36-42-18-8-19-43-36)22-24-52-28-12-6-10-26(48-2)32(28)50-4/h5-6,9-12,29-30,38H,7-8,13-24,37H2,1-4H3,(H,42,43)(H2,39,40,41). The summed E-state index contributed by atoms with van der Waals surface area (Å²) in [5, 5.41) is 12.8. The minimum absolute atomic E-state index is 0.149. The third-order valence-electron chi connectivity index (χ3n) is 8.22. The van der Waals surface area contributed by atoms with E-state index < -0.39 is 24.4 Å². The zero-order valence-corrected chi connectivity index (χ0v) is 31.5. The van der Waals surface area contributed by atoms with Crippen LogP contribution in [0.3, 0.4) is 0 Å². The van der Waals surface area contributed by atoms with Crippen molar-refractivity contribution in [3.63, 3.8) is 0 Å². The highest BCUT2D eigenvalue weighted by Crippen LogP contribution is 2.37. The van der Waals surface area contributed by atoms with E-state index in [1.807, 2.05) is 0 Å². The Bertz CT molecular complexity index is 1540. The number of nitrogens with two attached hydrogens (primary N) is 1. The molecule has 0 radical (unpaired) electrons. The molecule has 0 fully saturated rings. The van der Waals surface area contributed by atoms with Crippen molar-refractivity contribution >= 4 is 23.9 Å². The predicted molar refractivity (Wildman–Crippen MR) is 201 cm³/mol. The minimum atomic E-state index is -1.18. The largest absolute Gasteiger partial charge is 0.493 e. The van der Waals surface area contributed by atoms with Gasteiger partial charge in [-0.15, -0.1) is 0 Å². The van der Waals surface area contributed by atoms with Gasteiger partial charge in [0, 0.05) is 52.1 Å². The second kappa shape index (κ2) is 22.7. The van der Waals surface area contributed by atoms with Gasteiger partial charge in [0.05, 0.1) is 35.0 Å². The molecule has 2 heterocycles. The van der Waals surface area contributed by atoms with Crippen LogP contribution in [0.4, 0.5) is 0 Å². The molecule has 18 nitrogen and oxygen atoms in total. The van der Waals surface area contributed by atoms with Gasteiger partial charge in [-0.1, -0.05) is 12.1 Å². The summed E-state index contributed by atoms with van der Waals surface area (Å²) in [7, 11) is 6.14. The van der Waals surface area contributed by atoms with Crippen LogP contribution < -0.4 is 55.4 Å². The van der Waals surface area contributed by atoms with Crippen molar-refractivity contribution in [2.75, 3.05) is 94.0 Å². The number of nitrogens with zero attached hydrogens (tertiary/aromatic N) is 3. The van der Waals surface area contributed by atoms with Gasteiger partial charge in [0.1, 0.15) is 13.2 Å². The molecule has 0 amide bonds. The summed E-state index contributed by atoms with van der Waals surface area (Å²) >= 11 is 0. The van der Waals surface area contributed by atoms with Crippen LogP contribution in [0, 0.1) is 0 Å². The summed E-state index contributed by atoms with van der Waals surface area (Å²) in [6.07, 6.45) is 0.457. The molecule has 2 unspecified atom stereocenters. The van der Waals surface area contributed by atoms with Crippen molar-refractivity contribution in [1.82, 2.24) is 26.2 Å². The molecule has 2 aromatic rings. The van der Waals surface area contributed by atoms with Crippen LogP contribution in [0.1, 0.15) is 25.7 Å². The third kappa shape index (κ3) is 12.4. The number of guanidine groups is 2. The van der Waals surface area contributed by atoms with Gasteiger partial charge in [-0.3, -0.25) is 15.3 Å². The number of rotatable bonds is 21. The predicted octanol–water partition coefficient (Wildman–Crippen LogP) is 0.836. The molecule has 0 saturated carbocycles. The Balaban J connectivity index is 1.40. The maximum Gasteiger partial charge on any atom is 0.419 e. The molecule has 2 aliphatic rings. The lowest BCUT2D eigenvalue weighted by Gasteiger charge is -2.34. The lowest BCUT2D eigenvalue weighted by molar-refractivity contribution is -0.179. The number of hydrogen-bond acceptors (Lipinski definition) is 18. The number of ether oxygens (including phenoxy) is 8. The SMILES string of the molecule is COc1cccc(OCCNC(CCNC2=NCCCN2)OC(=O)C(=O)OC(CCN)N(CCOc2cccc(OC)c2OC)C2=NCCCN2)c1OC. The molecule has 0 aromatic heterocycles. The van der Waals surface area contributed by atoms with Crippen LogP contribution >= 0.6 is 0 Å². The summed E-state index contributed by atoms with van der Waals surface area (Å²) in [5.74, 6) is 1.72. The van der Waals surface area contributed by atoms with Gasteiger partial charge in [0.2, 0.25) is 11.5 Å². The lowest BCUT2D eigenvalue weighted by Crippen LogP contribution is -2.53. The molecular formula is C36H54N8O10. The number of benzene rings is 2. The smallest absolute Gasteiger partial charge is 0.419 e. The first-order chi connectivity index (χ1) is 26.4. The summed E-state index contributed by atoms with van der Waals surface area (Å²) in [6, 6.07) is 10.6. The molecule has 18 heteroatoms. The number of esters is 2. The van der Waals surface area contributed by atoms with E-state index in [1.165, 1.54) is 14.2 Å². The van der Waals surface area contributed by atoms with Crippen molar-refractivity contribution in [3.8, 4) is 34.5 Å². The average molecular weight is 759 g/mol. The van der Waals surface area contributed by atoms with E-state index in [0.717, 1.165) is 19.4 Å². The highest BCUT2D eigenvalue weighted by molar-refractivity contribution is 6.29. The van der Waals surface area contributed by atoms with Crippen molar-refractivity contribution in [2.45, 2.75) is 38.1 Å². The van der Waals surface area contributed by atoms with E-state index in [0.29, 0.717) is 79.0 Å². The topological polar surface area (TPSA) is 210 Å². The van der Waals surface area contributed by atoms with Crippen LogP contribution in [0.15, 0.2) is 46.4 Å². The Labute approximate surface area is 316 Å². The summed E-state index contributed by atoms with van der Waals surface area (Å²) in [6.45, 7) is 4.15.